The number of carbonyl (C=O) groups excluding carboxylic acids is 3. The van der Waals surface area contributed by atoms with Gasteiger partial charge >= 0.3 is 0 Å². The third-order valence-electron chi connectivity index (χ3n) is 3.87. The Balaban J connectivity index is 1.94. The highest BCUT2D eigenvalue weighted by molar-refractivity contribution is 6.57. The largest absolute Gasteiger partial charge is 0.492 e. The Morgan fingerprint density at radius 1 is 1.19 bits per heavy atom. The van der Waals surface area contributed by atoms with Crippen molar-refractivity contribution >= 4 is 25.2 Å². The zero-order valence-corrected chi connectivity index (χ0v) is 11.8. The van der Waals surface area contributed by atoms with Crippen LogP contribution < -0.4 is 0 Å². The van der Waals surface area contributed by atoms with Crippen molar-refractivity contribution in [3.05, 3.63) is 58.8 Å². The van der Waals surface area contributed by atoms with Crippen molar-refractivity contribution in [2.45, 2.75) is 13.0 Å². The molecule has 0 N–H and O–H groups in total. The molecular formula is C16H13BO4. The topological polar surface area (TPSA) is 60.4 Å². The molecule has 0 fully saturated rings. The molecule has 5 heteroatoms. The van der Waals surface area contributed by atoms with Crippen molar-refractivity contribution in [1.29, 1.82) is 0 Å². The van der Waals surface area contributed by atoms with E-state index in [1.165, 1.54) is 6.26 Å². The summed E-state index contributed by atoms with van der Waals surface area (Å²) >= 11 is 0. The maximum atomic E-state index is 12.5. The molecule has 1 aliphatic heterocycles. The Morgan fingerprint density at radius 2 is 1.86 bits per heavy atom. The van der Waals surface area contributed by atoms with E-state index in [9.17, 15) is 14.4 Å². The van der Waals surface area contributed by atoms with Crippen LogP contribution in [0.25, 0.3) is 0 Å². The lowest BCUT2D eigenvalue weighted by Gasteiger charge is -2.21. The summed E-state index contributed by atoms with van der Waals surface area (Å²) in [7, 11) is 1.58. The van der Waals surface area contributed by atoms with E-state index in [1.54, 1.807) is 26.1 Å². The number of ether oxygens (including phenoxy) is 1. The predicted molar refractivity (Wildman–Crippen MR) is 78.6 cm³/mol. The summed E-state index contributed by atoms with van der Waals surface area (Å²) < 4.78 is 5.39. The van der Waals surface area contributed by atoms with Crippen LogP contribution in [-0.2, 0) is 14.3 Å². The minimum Gasteiger partial charge on any atom is -0.492 e. The van der Waals surface area contributed by atoms with Gasteiger partial charge < -0.3 is 4.74 Å². The molecule has 0 aromatic heterocycles. The van der Waals surface area contributed by atoms with E-state index in [2.05, 4.69) is 0 Å². The Hall–Kier alpha value is -2.43. The summed E-state index contributed by atoms with van der Waals surface area (Å²) in [5.41, 5.74) is 2.16. The van der Waals surface area contributed by atoms with Crippen LogP contribution in [-0.4, -0.2) is 31.3 Å². The standard InChI is InChI=1S/C16H13BO4/c1-8-2-4-9(5-3-8)14(18)10-7-21-12-6-11(17)15(19)16(20)13(10)12/h2-7,12-13H,17H2,1H3. The lowest BCUT2D eigenvalue weighted by molar-refractivity contribution is -0.137. The molecule has 0 saturated carbocycles. The molecule has 1 aromatic rings. The van der Waals surface area contributed by atoms with Gasteiger partial charge in [-0.2, -0.15) is 0 Å². The maximum absolute atomic E-state index is 12.5. The van der Waals surface area contributed by atoms with Crippen LogP contribution in [0.15, 0.2) is 47.6 Å². The Labute approximate surface area is 122 Å². The van der Waals surface area contributed by atoms with Gasteiger partial charge in [-0.05, 0) is 18.5 Å². The van der Waals surface area contributed by atoms with Crippen molar-refractivity contribution in [2.24, 2.45) is 5.92 Å². The second kappa shape index (κ2) is 4.84. The molecule has 1 aliphatic carbocycles. The van der Waals surface area contributed by atoms with Gasteiger partial charge in [0.1, 0.15) is 14.0 Å². The first-order valence-electron chi connectivity index (χ1n) is 6.73. The van der Waals surface area contributed by atoms with Crippen LogP contribution in [0.3, 0.4) is 0 Å². The van der Waals surface area contributed by atoms with E-state index >= 15 is 0 Å². The maximum Gasteiger partial charge on any atom is 0.215 e. The fraction of sp³-hybridized carbons (Fsp3) is 0.188. The minimum absolute atomic E-state index is 0.256. The highest BCUT2D eigenvalue weighted by atomic mass is 16.5. The number of allylic oxidation sites excluding steroid dienone is 1. The number of rotatable bonds is 2. The van der Waals surface area contributed by atoms with Crippen LogP contribution in [0.4, 0.5) is 0 Å². The molecule has 0 bridgehead atoms. The molecule has 3 rings (SSSR count). The summed E-state index contributed by atoms with van der Waals surface area (Å²) in [6, 6.07) is 7.09. The van der Waals surface area contributed by atoms with E-state index in [0.717, 1.165) is 5.56 Å². The molecule has 0 saturated heterocycles. The van der Waals surface area contributed by atoms with E-state index in [4.69, 9.17) is 4.74 Å². The van der Waals surface area contributed by atoms with Crippen molar-refractivity contribution in [3.8, 4) is 0 Å². The van der Waals surface area contributed by atoms with Gasteiger partial charge in [0.05, 0.1) is 12.2 Å². The van der Waals surface area contributed by atoms with Gasteiger partial charge in [-0.25, -0.2) is 0 Å². The molecule has 2 atom stereocenters. The molecule has 0 amide bonds. The zero-order chi connectivity index (χ0) is 15.1. The number of Topliss-reactive ketones (excluding diaryl/α,β-unsaturated/α-hetero) is 3. The van der Waals surface area contributed by atoms with Gasteiger partial charge in [0.25, 0.3) is 0 Å². The van der Waals surface area contributed by atoms with E-state index in [1.807, 2.05) is 19.1 Å². The fourth-order valence-corrected chi connectivity index (χ4v) is 2.63. The zero-order valence-electron chi connectivity index (χ0n) is 11.8. The van der Waals surface area contributed by atoms with E-state index in [-0.39, 0.29) is 11.4 Å². The first kappa shape index (κ1) is 13.6. The molecule has 2 unspecified atom stereocenters. The number of hydrogen-bond acceptors (Lipinski definition) is 4. The number of carbonyl (C=O) groups is 3. The Bertz CT molecular complexity index is 712. The van der Waals surface area contributed by atoms with Gasteiger partial charge in [0.15, 0.2) is 5.78 Å². The predicted octanol–water partition coefficient (Wildman–Crippen LogP) is 0.745. The Morgan fingerprint density at radius 3 is 2.52 bits per heavy atom. The summed E-state index contributed by atoms with van der Waals surface area (Å²) in [5, 5.41) is 0. The van der Waals surface area contributed by atoms with Crippen LogP contribution in [0.2, 0.25) is 0 Å². The minimum atomic E-state index is -0.810. The smallest absolute Gasteiger partial charge is 0.215 e. The lowest BCUT2D eigenvalue weighted by atomic mass is 9.74. The first-order chi connectivity index (χ1) is 9.99. The molecule has 0 radical (unpaired) electrons. The number of ketones is 3. The summed E-state index contributed by atoms with van der Waals surface area (Å²) in [6.07, 6.45) is 2.39. The first-order valence-corrected chi connectivity index (χ1v) is 6.73. The van der Waals surface area contributed by atoms with Gasteiger partial charge in [-0.15, -0.1) is 0 Å². The lowest BCUT2D eigenvalue weighted by Crippen LogP contribution is -2.38. The van der Waals surface area contributed by atoms with E-state index < -0.39 is 23.6 Å². The van der Waals surface area contributed by atoms with Crippen LogP contribution >= 0.6 is 0 Å². The molecule has 104 valence electrons. The summed E-state index contributed by atoms with van der Waals surface area (Å²) in [6.45, 7) is 1.93. The molecule has 0 spiro atoms. The summed E-state index contributed by atoms with van der Waals surface area (Å²) in [5.74, 6) is -2.18. The number of benzene rings is 1. The number of aryl methyl sites for hydroxylation is 1. The van der Waals surface area contributed by atoms with Gasteiger partial charge in [0.2, 0.25) is 11.6 Å². The van der Waals surface area contributed by atoms with E-state index in [0.29, 0.717) is 11.0 Å². The molecule has 2 aliphatic rings. The van der Waals surface area contributed by atoms with Crippen LogP contribution in [0, 0.1) is 12.8 Å². The van der Waals surface area contributed by atoms with Crippen LogP contribution in [0.1, 0.15) is 15.9 Å². The highest BCUT2D eigenvalue weighted by Crippen LogP contribution is 2.34. The normalized spacial score (nSPS) is 24.0. The monoisotopic (exact) mass is 280 g/mol. The van der Waals surface area contributed by atoms with Crippen molar-refractivity contribution in [1.82, 2.24) is 0 Å². The molecular weight excluding hydrogens is 267 g/mol. The molecule has 1 aromatic carbocycles. The molecule has 1 heterocycles. The highest BCUT2D eigenvalue weighted by Gasteiger charge is 2.45. The third kappa shape index (κ3) is 2.15. The van der Waals surface area contributed by atoms with Gasteiger partial charge in [-0.3, -0.25) is 14.4 Å². The molecule has 21 heavy (non-hydrogen) atoms. The van der Waals surface area contributed by atoms with Crippen molar-refractivity contribution < 1.29 is 19.1 Å². The Kier molecular flexibility index (Phi) is 3.13. The SMILES string of the molecule is BC1=CC2OC=C(C(=O)c3ccc(C)cc3)C2C(=O)C1=O. The van der Waals surface area contributed by atoms with Crippen molar-refractivity contribution in [2.75, 3.05) is 0 Å². The van der Waals surface area contributed by atoms with Crippen LogP contribution in [0.5, 0.6) is 0 Å². The number of fused-ring (bicyclic) bond motifs is 1. The number of hydrogen-bond donors (Lipinski definition) is 0. The average molecular weight is 280 g/mol. The second-order valence-electron chi connectivity index (χ2n) is 5.39. The van der Waals surface area contributed by atoms with Gasteiger partial charge in [0, 0.05) is 11.1 Å². The second-order valence-corrected chi connectivity index (χ2v) is 5.39. The molecule has 4 nitrogen and oxygen atoms in total. The quantitative estimate of drug-likeness (QED) is 0.455. The summed E-state index contributed by atoms with van der Waals surface area (Å²) in [4.78, 5) is 36.5. The third-order valence-corrected chi connectivity index (χ3v) is 3.87. The van der Waals surface area contributed by atoms with Gasteiger partial charge in [-0.1, -0.05) is 29.8 Å². The van der Waals surface area contributed by atoms with Crippen molar-refractivity contribution in [3.63, 3.8) is 0 Å². The average Bonchev–Trinajstić information content (AvgIpc) is 2.88. The fourth-order valence-electron chi connectivity index (χ4n) is 2.63.